The number of nitrogens with zero attached hydrogens (tertiary/aromatic N) is 2. The summed E-state index contributed by atoms with van der Waals surface area (Å²) in [7, 11) is 2.00. The van der Waals surface area contributed by atoms with Gasteiger partial charge in [0, 0.05) is 18.8 Å². The molecule has 1 aliphatic carbocycles. The van der Waals surface area contributed by atoms with Gasteiger partial charge in [-0.3, -0.25) is 4.68 Å². The molecule has 2 heterocycles. The number of rotatable bonds is 4. The minimum atomic E-state index is 0.451. The highest BCUT2D eigenvalue weighted by molar-refractivity contribution is 5.08. The Morgan fingerprint density at radius 2 is 2.28 bits per heavy atom. The second-order valence-electron chi connectivity index (χ2n) is 6.19. The quantitative estimate of drug-likeness (QED) is 0.886. The van der Waals surface area contributed by atoms with Gasteiger partial charge in [0.1, 0.15) is 0 Å². The Labute approximate surface area is 110 Å². The molecule has 100 valence electrons. The predicted molar refractivity (Wildman–Crippen MR) is 73.5 cm³/mol. The molecule has 3 rings (SSSR count). The van der Waals surface area contributed by atoms with Gasteiger partial charge < -0.3 is 5.32 Å². The molecule has 2 fully saturated rings. The molecule has 0 spiro atoms. The molecule has 2 aliphatic rings. The van der Waals surface area contributed by atoms with Crippen LogP contribution in [0.5, 0.6) is 0 Å². The van der Waals surface area contributed by atoms with Crippen LogP contribution in [0, 0.1) is 5.92 Å². The average Bonchev–Trinajstić information content (AvgIpc) is 3.15. The van der Waals surface area contributed by atoms with Gasteiger partial charge in [0.05, 0.1) is 6.20 Å². The van der Waals surface area contributed by atoms with Crippen molar-refractivity contribution in [1.82, 2.24) is 15.1 Å². The van der Waals surface area contributed by atoms with Gasteiger partial charge in [-0.05, 0) is 56.6 Å². The molecule has 1 aromatic rings. The molecule has 1 aliphatic heterocycles. The van der Waals surface area contributed by atoms with Crippen molar-refractivity contribution in [3.05, 3.63) is 18.0 Å². The SMILES string of the molecule is Cn1cc(CCC2(C3CC3)CCCCCN2)cn1. The van der Waals surface area contributed by atoms with Crippen LogP contribution in [0.4, 0.5) is 0 Å². The number of hydrogen-bond donors (Lipinski definition) is 1. The maximum atomic E-state index is 4.28. The molecular formula is C15H25N3. The Morgan fingerprint density at radius 3 is 3.00 bits per heavy atom. The zero-order chi connectivity index (χ0) is 12.4. The summed E-state index contributed by atoms with van der Waals surface area (Å²) < 4.78 is 1.92. The highest BCUT2D eigenvalue weighted by Crippen LogP contribution is 2.45. The fourth-order valence-electron chi connectivity index (χ4n) is 3.54. The number of aromatic nitrogens is 2. The van der Waals surface area contributed by atoms with Crippen molar-refractivity contribution in [1.29, 1.82) is 0 Å². The van der Waals surface area contributed by atoms with Gasteiger partial charge in [-0.2, -0.15) is 5.10 Å². The van der Waals surface area contributed by atoms with E-state index < -0.39 is 0 Å². The van der Waals surface area contributed by atoms with Gasteiger partial charge in [-0.25, -0.2) is 0 Å². The van der Waals surface area contributed by atoms with Crippen LogP contribution in [0.15, 0.2) is 12.4 Å². The standard InChI is InChI=1S/C15H25N3/c1-18-12-13(11-17-18)7-9-15(14-5-6-14)8-3-2-4-10-16-15/h11-12,14,16H,2-10H2,1H3. The molecule has 1 unspecified atom stereocenters. The lowest BCUT2D eigenvalue weighted by atomic mass is 9.83. The van der Waals surface area contributed by atoms with Gasteiger partial charge >= 0.3 is 0 Å². The van der Waals surface area contributed by atoms with Gasteiger partial charge in [0.25, 0.3) is 0 Å². The lowest BCUT2D eigenvalue weighted by Gasteiger charge is -2.34. The van der Waals surface area contributed by atoms with Gasteiger partial charge in [-0.15, -0.1) is 0 Å². The maximum Gasteiger partial charge on any atom is 0.0521 e. The van der Waals surface area contributed by atoms with Crippen LogP contribution in [0.2, 0.25) is 0 Å². The maximum absolute atomic E-state index is 4.28. The molecule has 0 aromatic carbocycles. The Hall–Kier alpha value is -0.830. The van der Waals surface area contributed by atoms with E-state index in [9.17, 15) is 0 Å². The molecule has 1 atom stereocenters. The highest BCUT2D eigenvalue weighted by atomic mass is 15.2. The average molecular weight is 247 g/mol. The Kier molecular flexibility index (Phi) is 3.42. The first-order valence-corrected chi connectivity index (χ1v) is 7.51. The van der Waals surface area contributed by atoms with Crippen molar-refractivity contribution >= 4 is 0 Å². The first-order valence-electron chi connectivity index (χ1n) is 7.51. The van der Waals surface area contributed by atoms with Crippen LogP contribution < -0.4 is 5.32 Å². The Balaban J connectivity index is 1.66. The van der Waals surface area contributed by atoms with Crippen molar-refractivity contribution in [2.24, 2.45) is 13.0 Å². The van der Waals surface area contributed by atoms with E-state index in [0.717, 1.165) is 5.92 Å². The summed E-state index contributed by atoms with van der Waals surface area (Å²) in [5.74, 6) is 0.951. The van der Waals surface area contributed by atoms with Crippen LogP contribution in [-0.2, 0) is 13.5 Å². The zero-order valence-corrected chi connectivity index (χ0v) is 11.5. The Morgan fingerprint density at radius 1 is 1.39 bits per heavy atom. The highest BCUT2D eigenvalue weighted by Gasteiger charge is 2.44. The molecule has 0 amide bonds. The Bertz CT molecular complexity index is 384. The zero-order valence-electron chi connectivity index (χ0n) is 11.5. The topological polar surface area (TPSA) is 29.9 Å². The van der Waals surface area contributed by atoms with Gasteiger partial charge in [-0.1, -0.05) is 12.8 Å². The first-order chi connectivity index (χ1) is 8.78. The minimum absolute atomic E-state index is 0.451. The normalized spacial score (nSPS) is 29.2. The largest absolute Gasteiger partial charge is 0.311 e. The van der Waals surface area contributed by atoms with E-state index in [2.05, 4.69) is 16.6 Å². The molecule has 0 radical (unpaired) electrons. The van der Waals surface area contributed by atoms with E-state index >= 15 is 0 Å². The van der Waals surface area contributed by atoms with Crippen molar-refractivity contribution in [2.75, 3.05) is 6.54 Å². The summed E-state index contributed by atoms with van der Waals surface area (Å²) >= 11 is 0. The van der Waals surface area contributed by atoms with Gasteiger partial charge in [0.2, 0.25) is 0 Å². The van der Waals surface area contributed by atoms with E-state index in [4.69, 9.17) is 0 Å². The van der Waals surface area contributed by atoms with Gasteiger partial charge in [0.15, 0.2) is 0 Å². The molecular weight excluding hydrogens is 222 g/mol. The smallest absolute Gasteiger partial charge is 0.0521 e. The summed E-state index contributed by atoms with van der Waals surface area (Å²) in [6.45, 7) is 1.23. The van der Waals surface area contributed by atoms with Crippen LogP contribution >= 0.6 is 0 Å². The monoisotopic (exact) mass is 247 g/mol. The third-order valence-electron chi connectivity index (χ3n) is 4.75. The first kappa shape index (κ1) is 12.2. The van der Waals surface area contributed by atoms with E-state index in [-0.39, 0.29) is 0 Å². The van der Waals surface area contributed by atoms with Crippen LogP contribution in [0.25, 0.3) is 0 Å². The molecule has 1 saturated heterocycles. The van der Waals surface area contributed by atoms with Crippen molar-refractivity contribution in [3.63, 3.8) is 0 Å². The van der Waals surface area contributed by atoms with Crippen molar-refractivity contribution in [2.45, 2.75) is 56.9 Å². The number of aryl methyl sites for hydroxylation is 2. The molecule has 3 nitrogen and oxygen atoms in total. The van der Waals surface area contributed by atoms with E-state index in [1.807, 2.05) is 17.9 Å². The third kappa shape index (κ3) is 2.61. The van der Waals surface area contributed by atoms with Crippen LogP contribution in [0.3, 0.4) is 0 Å². The molecule has 1 aromatic heterocycles. The lowest BCUT2D eigenvalue weighted by molar-refractivity contribution is 0.253. The predicted octanol–water partition coefficient (Wildman–Crippen LogP) is 2.67. The van der Waals surface area contributed by atoms with E-state index in [1.54, 1.807) is 0 Å². The second-order valence-corrected chi connectivity index (χ2v) is 6.19. The number of nitrogens with one attached hydrogen (secondary N) is 1. The molecule has 0 bridgehead atoms. The van der Waals surface area contributed by atoms with E-state index in [0.29, 0.717) is 5.54 Å². The number of hydrogen-bond acceptors (Lipinski definition) is 2. The summed E-state index contributed by atoms with van der Waals surface area (Å²) in [5, 5.41) is 8.19. The molecule has 1 saturated carbocycles. The molecule has 1 N–H and O–H groups in total. The van der Waals surface area contributed by atoms with E-state index in [1.165, 1.54) is 63.5 Å². The minimum Gasteiger partial charge on any atom is -0.311 e. The van der Waals surface area contributed by atoms with Crippen LogP contribution in [-0.4, -0.2) is 21.9 Å². The third-order valence-corrected chi connectivity index (χ3v) is 4.75. The fraction of sp³-hybridized carbons (Fsp3) is 0.800. The summed E-state index contributed by atoms with van der Waals surface area (Å²) in [6, 6.07) is 0. The lowest BCUT2D eigenvalue weighted by Crippen LogP contribution is -2.47. The second kappa shape index (κ2) is 5.04. The fourth-order valence-corrected chi connectivity index (χ4v) is 3.54. The summed E-state index contributed by atoms with van der Waals surface area (Å²) in [6.07, 6.45) is 15.1. The molecule has 18 heavy (non-hydrogen) atoms. The van der Waals surface area contributed by atoms with Crippen molar-refractivity contribution in [3.8, 4) is 0 Å². The molecule has 3 heteroatoms. The van der Waals surface area contributed by atoms with Crippen molar-refractivity contribution < 1.29 is 0 Å². The van der Waals surface area contributed by atoms with Crippen LogP contribution in [0.1, 0.15) is 50.5 Å². The summed E-state index contributed by atoms with van der Waals surface area (Å²) in [5.41, 5.74) is 1.84. The summed E-state index contributed by atoms with van der Waals surface area (Å²) in [4.78, 5) is 0.